The Hall–Kier alpha value is -11.8. The maximum absolute atomic E-state index is 3.15. The molecule has 0 saturated heterocycles. The van der Waals surface area contributed by atoms with E-state index in [-0.39, 0.29) is 6.71 Å². The molecule has 2 aliphatic rings. The molecule has 0 aromatic heterocycles. The van der Waals surface area contributed by atoms with Crippen LogP contribution in [0.2, 0.25) is 0 Å². The van der Waals surface area contributed by atoms with Crippen LogP contribution < -0.4 is 72.6 Å². The average molecular weight is 1260 g/mol. The van der Waals surface area contributed by atoms with E-state index in [9.17, 15) is 0 Å². The first kappa shape index (κ1) is 58.1. The molecule has 0 saturated carbocycles. The Morgan fingerprint density at radius 2 is 0.562 bits per heavy atom. The lowest BCUT2D eigenvalue weighted by molar-refractivity contribution is 1.23. The van der Waals surface area contributed by atoms with E-state index in [0.29, 0.717) is 0 Å². The van der Waals surface area contributed by atoms with Crippen LogP contribution in [0.4, 0.5) is 51.2 Å². The highest BCUT2D eigenvalue weighted by atomic mass is 28.3. The zero-order valence-corrected chi connectivity index (χ0v) is 55.0. The molecule has 15 aromatic carbocycles. The molecule has 452 valence electrons. The van der Waals surface area contributed by atoms with Gasteiger partial charge in [0.15, 0.2) is 16.1 Å². The van der Waals surface area contributed by atoms with Gasteiger partial charge in [-0.3, -0.25) is 0 Å². The number of nitrogens with zero attached hydrogens (tertiary/aromatic N) is 3. The third-order valence-electron chi connectivity index (χ3n) is 19.9. The Labute approximate surface area is 565 Å². The van der Waals surface area contributed by atoms with Gasteiger partial charge in [0.25, 0.3) is 6.71 Å². The normalized spacial score (nSPS) is 12.3. The maximum atomic E-state index is 2.68. The van der Waals surface area contributed by atoms with Crippen molar-refractivity contribution in [2.24, 2.45) is 0 Å². The highest BCUT2D eigenvalue weighted by molar-refractivity contribution is 7.20. The molecular weight excluding hydrogens is 1190 g/mol. The van der Waals surface area contributed by atoms with Gasteiger partial charge in [-0.1, -0.05) is 328 Å². The largest absolute Gasteiger partial charge is 0.311 e. The minimum Gasteiger partial charge on any atom is -0.311 e. The number of benzene rings is 15. The van der Waals surface area contributed by atoms with E-state index < -0.39 is 16.1 Å². The molecule has 6 heteroatoms. The second-order valence-electron chi connectivity index (χ2n) is 25.1. The Bertz CT molecular complexity index is 4980. The van der Waals surface area contributed by atoms with E-state index in [1.54, 1.807) is 0 Å². The fourth-order valence-electron chi connectivity index (χ4n) is 15.8. The Balaban J connectivity index is 1.02. The summed E-state index contributed by atoms with van der Waals surface area (Å²) < 4.78 is 0. The van der Waals surface area contributed by atoms with Gasteiger partial charge >= 0.3 is 0 Å². The molecule has 0 amide bonds. The summed E-state index contributed by atoms with van der Waals surface area (Å²) in [4.78, 5) is 7.70. The monoisotopic (exact) mass is 1260 g/mol. The minimum atomic E-state index is -3.15. The first-order valence-electron chi connectivity index (χ1n) is 33.3. The Morgan fingerprint density at radius 3 is 1.00 bits per heavy atom. The lowest BCUT2D eigenvalue weighted by Gasteiger charge is -2.46. The molecule has 0 unspecified atom stereocenters. The number of fused-ring (bicyclic) bond motifs is 4. The van der Waals surface area contributed by atoms with Crippen LogP contribution in [0.1, 0.15) is 0 Å². The molecule has 0 radical (unpaired) electrons. The fourth-order valence-corrected chi connectivity index (χ4v) is 25.3. The van der Waals surface area contributed by atoms with E-state index in [4.69, 9.17) is 0 Å². The van der Waals surface area contributed by atoms with Crippen LogP contribution in [0.5, 0.6) is 0 Å². The topological polar surface area (TPSA) is 9.72 Å². The van der Waals surface area contributed by atoms with Gasteiger partial charge in [0.05, 0.1) is 5.69 Å². The van der Waals surface area contributed by atoms with Crippen molar-refractivity contribution in [3.05, 3.63) is 400 Å². The predicted octanol–water partition coefficient (Wildman–Crippen LogP) is 15.3. The summed E-state index contributed by atoms with van der Waals surface area (Å²) in [6.45, 7) is -0.208. The maximum Gasteiger partial charge on any atom is 0.252 e. The van der Waals surface area contributed by atoms with E-state index in [1.165, 1.54) is 80.1 Å². The number of anilines is 9. The quantitative estimate of drug-likeness (QED) is 0.0748. The van der Waals surface area contributed by atoms with E-state index >= 15 is 0 Å². The van der Waals surface area contributed by atoms with Crippen LogP contribution in [0.3, 0.4) is 0 Å². The second-order valence-corrected chi connectivity index (χ2v) is 32.7. The van der Waals surface area contributed by atoms with E-state index in [1.807, 2.05) is 0 Å². The Kier molecular flexibility index (Phi) is 15.1. The second kappa shape index (κ2) is 24.9. The van der Waals surface area contributed by atoms with Crippen LogP contribution in [-0.2, 0) is 0 Å². The molecule has 0 N–H and O–H groups in total. The SMILES string of the molecule is c1ccc(-c2ccc(N3c4ccc(-c5ccccc5)cc4B4c5ccc([Si](c6ccccc6)(c6ccccc6)c6ccccc6)cc5N(c5cccc([Si](c6ccccc6)(c6ccccc6)c6ccccc6)c5)c5cc(N(c6ccccc6)c6ccccc6)cc3c54)cc2)cc1. The fraction of sp³-hybridized carbons (Fsp3) is 0. The van der Waals surface area contributed by atoms with Gasteiger partial charge in [0.2, 0.25) is 0 Å². The smallest absolute Gasteiger partial charge is 0.252 e. The summed E-state index contributed by atoms with van der Waals surface area (Å²) in [5.74, 6) is 0. The molecule has 2 heterocycles. The molecular formula is C90H66BN3Si2. The summed E-state index contributed by atoms with van der Waals surface area (Å²) in [5.41, 5.74) is 18.3. The standard InChI is InChI=1S/C90H66BN3Si2/c1-11-32-67(33-12-1)69-54-57-73(58-55-69)93-86-61-56-70(68-34-13-2-14-35-68)62-85(86)91-84-60-59-83(96(79-47-25-8-26-48-79,80-49-27-9-28-50-80)81-51-29-10-30-52-81)66-87(84)94(89-65-75(64-88(93)90(89)91)92(71-36-15-3-16-37-71)72-38-17-4-18-39-72)74-40-31-53-82(63-74)95(76-41-19-5-20-42-76,77-43-21-6-22-44-77)78-45-23-7-24-46-78/h1-66H. The first-order valence-corrected chi connectivity index (χ1v) is 37.3. The van der Waals surface area contributed by atoms with Gasteiger partial charge < -0.3 is 14.7 Å². The summed E-state index contributed by atoms with van der Waals surface area (Å²) in [7, 11) is -6.24. The van der Waals surface area contributed by atoms with Gasteiger partial charge in [0, 0.05) is 45.5 Å². The highest BCUT2D eigenvalue weighted by Gasteiger charge is 2.48. The molecule has 17 rings (SSSR count). The third kappa shape index (κ3) is 9.88. The summed E-state index contributed by atoms with van der Waals surface area (Å²) >= 11 is 0. The lowest BCUT2D eigenvalue weighted by atomic mass is 9.33. The van der Waals surface area contributed by atoms with Crippen molar-refractivity contribution in [2.75, 3.05) is 14.7 Å². The minimum absolute atomic E-state index is 0.208. The molecule has 0 fully saturated rings. The zero-order chi connectivity index (χ0) is 63.8. The van der Waals surface area contributed by atoms with Crippen molar-refractivity contribution in [1.82, 2.24) is 0 Å². The van der Waals surface area contributed by atoms with Crippen molar-refractivity contribution in [3.63, 3.8) is 0 Å². The summed E-state index contributed by atoms with van der Waals surface area (Å²) in [5, 5.41) is 10.5. The molecule has 2 aliphatic heterocycles. The average Bonchev–Trinajstić information content (AvgIpc) is 0.691. The molecule has 15 aromatic rings. The van der Waals surface area contributed by atoms with Crippen molar-refractivity contribution < 1.29 is 0 Å². The van der Waals surface area contributed by atoms with Crippen LogP contribution in [0, 0.1) is 0 Å². The lowest BCUT2D eigenvalue weighted by Crippen LogP contribution is -2.75. The van der Waals surface area contributed by atoms with Gasteiger partial charge in [-0.25, -0.2) is 0 Å². The van der Waals surface area contributed by atoms with Gasteiger partial charge in [-0.2, -0.15) is 0 Å². The van der Waals surface area contributed by atoms with Crippen molar-refractivity contribution in [2.45, 2.75) is 0 Å². The molecule has 0 bridgehead atoms. The van der Waals surface area contributed by atoms with Crippen LogP contribution >= 0.6 is 0 Å². The van der Waals surface area contributed by atoms with Crippen LogP contribution in [-0.4, -0.2) is 22.9 Å². The highest BCUT2D eigenvalue weighted by Crippen LogP contribution is 2.49. The van der Waals surface area contributed by atoms with Gasteiger partial charge in [0.1, 0.15) is 0 Å². The summed E-state index contributed by atoms with van der Waals surface area (Å²) in [6, 6.07) is 151. The number of para-hydroxylation sites is 2. The molecule has 0 atom stereocenters. The third-order valence-corrected chi connectivity index (χ3v) is 29.4. The van der Waals surface area contributed by atoms with Crippen LogP contribution in [0.15, 0.2) is 400 Å². The molecule has 96 heavy (non-hydrogen) atoms. The first-order chi connectivity index (χ1) is 47.6. The van der Waals surface area contributed by atoms with E-state index in [2.05, 4.69) is 415 Å². The van der Waals surface area contributed by atoms with Crippen molar-refractivity contribution >= 4 is 132 Å². The van der Waals surface area contributed by atoms with Crippen molar-refractivity contribution in [3.8, 4) is 22.3 Å². The van der Waals surface area contributed by atoms with Crippen LogP contribution in [0.25, 0.3) is 22.3 Å². The zero-order valence-electron chi connectivity index (χ0n) is 53.0. The van der Waals surface area contributed by atoms with Gasteiger partial charge in [-0.15, -0.1) is 0 Å². The molecule has 3 nitrogen and oxygen atoms in total. The van der Waals surface area contributed by atoms with Crippen molar-refractivity contribution in [1.29, 1.82) is 0 Å². The number of rotatable bonds is 15. The number of hydrogen-bond acceptors (Lipinski definition) is 3. The van der Waals surface area contributed by atoms with Gasteiger partial charge in [-0.05, 0) is 153 Å². The Morgan fingerprint density at radius 1 is 0.208 bits per heavy atom. The molecule has 0 spiro atoms. The number of hydrogen-bond donors (Lipinski definition) is 0. The van der Waals surface area contributed by atoms with E-state index in [0.717, 1.165) is 51.2 Å². The molecule has 0 aliphatic carbocycles. The summed E-state index contributed by atoms with van der Waals surface area (Å²) in [6.07, 6.45) is 0. The predicted molar refractivity (Wildman–Crippen MR) is 413 cm³/mol.